The van der Waals surface area contributed by atoms with Crippen LogP contribution >= 0.6 is 0 Å². The van der Waals surface area contributed by atoms with Gasteiger partial charge in [-0.2, -0.15) is 0 Å². The van der Waals surface area contributed by atoms with Crippen molar-refractivity contribution in [2.45, 2.75) is 24.7 Å². The molecule has 10 aromatic rings. The van der Waals surface area contributed by atoms with Crippen LogP contribution in [0.25, 0.3) is 44.5 Å². The summed E-state index contributed by atoms with van der Waals surface area (Å²) in [5.41, 5.74) is 24.1. The SMILES string of the molecule is CC1(C)c2ccccc2-c2ccc(N(c3ccccc3)c3ccc4c(c3)C3(c5ccccc5-4)c4ccccc4-c4c(-c5ccccc5)cc(N(c5ccccc5)c5ccccc5)cc43)cc21. The highest BCUT2D eigenvalue weighted by Gasteiger charge is 2.53. The highest BCUT2D eigenvalue weighted by Crippen LogP contribution is 2.65. The zero-order valence-corrected chi connectivity index (χ0v) is 37.0. The van der Waals surface area contributed by atoms with E-state index in [-0.39, 0.29) is 5.41 Å². The fraction of sp³-hybridized carbons (Fsp3) is 0.0625. The van der Waals surface area contributed by atoms with Gasteiger partial charge in [0.25, 0.3) is 0 Å². The molecule has 10 aromatic carbocycles. The first-order valence-electron chi connectivity index (χ1n) is 23.1. The molecule has 0 aliphatic heterocycles. The maximum Gasteiger partial charge on any atom is 0.0727 e. The van der Waals surface area contributed by atoms with Crippen molar-refractivity contribution >= 4 is 34.1 Å². The van der Waals surface area contributed by atoms with Crippen LogP contribution < -0.4 is 9.80 Å². The predicted molar refractivity (Wildman–Crippen MR) is 275 cm³/mol. The minimum Gasteiger partial charge on any atom is -0.310 e. The van der Waals surface area contributed by atoms with Gasteiger partial charge in [-0.05, 0) is 151 Å². The number of para-hydroxylation sites is 3. The minimum absolute atomic E-state index is 0.132. The summed E-state index contributed by atoms with van der Waals surface area (Å²) in [7, 11) is 0. The number of fused-ring (bicyclic) bond motifs is 13. The van der Waals surface area contributed by atoms with E-state index in [4.69, 9.17) is 0 Å². The van der Waals surface area contributed by atoms with Crippen molar-refractivity contribution in [1.29, 1.82) is 0 Å². The Morgan fingerprint density at radius 1 is 0.258 bits per heavy atom. The van der Waals surface area contributed by atoms with Gasteiger partial charge in [-0.1, -0.05) is 184 Å². The summed E-state index contributed by atoms with van der Waals surface area (Å²) >= 11 is 0. The molecule has 0 radical (unpaired) electrons. The topological polar surface area (TPSA) is 6.48 Å². The quantitative estimate of drug-likeness (QED) is 0.158. The monoisotopic (exact) mass is 842 g/mol. The van der Waals surface area contributed by atoms with Gasteiger partial charge < -0.3 is 9.80 Å². The zero-order valence-electron chi connectivity index (χ0n) is 37.0. The molecular formula is C64H46N2. The van der Waals surface area contributed by atoms with E-state index in [2.05, 4.69) is 266 Å². The Balaban J connectivity index is 1.10. The van der Waals surface area contributed by atoms with Crippen LogP contribution in [0.3, 0.4) is 0 Å². The number of hydrogen-bond donors (Lipinski definition) is 0. The first kappa shape index (κ1) is 38.3. The summed E-state index contributed by atoms with van der Waals surface area (Å²) in [6.45, 7) is 4.74. The van der Waals surface area contributed by atoms with E-state index in [1.165, 1.54) is 77.9 Å². The van der Waals surface area contributed by atoms with Crippen LogP contribution in [0.15, 0.2) is 243 Å². The van der Waals surface area contributed by atoms with Crippen LogP contribution in [0.1, 0.15) is 47.2 Å². The summed E-state index contributed by atoms with van der Waals surface area (Å²) in [5, 5.41) is 0. The molecule has 3 aliphatic carbocycles. The van der Waals surface area contributed by atoms with Gasteiger partial charge in [-0.15, -0.1) is 0 Å². The molecule has 0 saturated heterocycles. The Kier molecular flexibility index (Phi) is 8.51. The number of nitrogens with zero attached hydrogens (tertiary/aromatic N) is 2. The first-order valence-corrected chi connectivity index (χ1v) is 23.1. The number of anilines is 6. The number of benzene rings is 10. The molecule has 0 fully saturated rings. The molecule has 1 unspecified atom stereocenters. The van der Waals surface area contributed by atoms with Gasteiger partial charge in [0, 0.05) is 39.5 Å². The smallest absolute Gasteiger partial charge is 0.0727 e. The Labute approximate surface area is 387 Å². The van der Waals surface area contributed by atoms with Crippen LogP contribution in [0.5, 0.6) is 0 Å². The standard InChI is InChI=1S/C64H46N2/c1-63(2)56-32-18-15-29-50(56)52-37-35-47(40-59(52)63)66(46-27-13-6-14-28-46)48-36-38-53-51-30-16-19-33-57(51)64(60(53)41-48)58-34-20-17-31-54(58)62-55(43-21-7-3-8-22-43)39-49(42-61(62)64)65(44-23-9-4-10-24-44)45-25-11-5-12-26-45/h3-42H,1-2H3. The second-order valence-electron chi connectivity index (χ2n) is 18.4. The third-order valence-corrected chi connectivity index (χ3v) is 14.6. The molecule has 1 atom stereocenters. The van der Waals surface area contributed by atoms with Gasteiger partial charge in [0.05, 0.1) is 5.41 Å². The van der Waals surface area contributed by atoms with Crippen molar-refractivity contribution in [3.8, 4) is 44.5 Å². The van der Waals surface area contributed by atoms with E-state index in [0.717, 1.165) is 34.1 Å². The molecule has 0 heterocycles. The normalized spacial score (nSPS) is 15.3. The Bertz CT molecular complexity index is 3460. The Morgan fingerprint density at radius 3 is 1.23 bits per heavy atom. The molecule has 2 nitrogen and oxygen atoms in total. The van der Waals surface area contributed by atoms with Gasteiger partial charge >= 0.3 is 0 Å². The van der Waals surface area contributed by atoms with Crippen molar-refractivity contribution in [2.24, 2.45) is 0 Å². The molecule has 2 heteroatoms. The van der Waals surface area contributed by atoms with Crippen molar-refractivity contribution in [3.63, 3.8) is 0 Å². The van der Waals surface area contributed by atoms with E-state index < -0.39 is 5.41 Å². The van der Waals surface area contributed by atoms with Gasteiger partial charge in [-0.3, -0.25) is 0 Å². The first-order chi connectivity index (χ1) is 32.5. The van der Waals surface area contributed by atoms with Crippen LogP contribution in [-0.2, 0) is 10.8 Å². The zero-order chi connectivity index (χ0) is 44.0. The summed E-state index contributed by atoms with van der Waals surface area (Å²) in [5.74, 6) is 0. The third kappa shape index (κ3) is 5.48. The average molecular weight is 843 g/mol. The molecule has 312 valence electrons. The van der Waals surface area contributed by atoms with E-state index in [0.29, 0.717) is 0 Å². The molecular weight excluding hydrogens is 797 g/mol. The molecule has 66 heavy (non-hydrogen) atoms. The van der Waals surface area contributed by atoms with Gasteiger partial charge in [0.2, 0.25) is 0 Å². The Hall–Kier alpha value is -8.20. The molecule has 1 spiro atoms. The fourth-order valence-corrected chi connectivity index (χ4v) is 11.8. The molecule has 0 aromatic heterocycles. The van der Waals surface area contributed by atoms with Crippen LogP contribution in [0, 0.1) is 0 Å². The van der Waals surface area contributed by atoms with Gasteiger partial charge in [0.1, 0.15) is 0 Å². The van der Waals surface area contributed by atoms with E-state index >= 15 is 0 Å². The average Bonchev–Trinajstić information content (AvgIpc) is 3.93. The van der Waals surface area contributed by atoms with Crippen LogP contribution in [-0.4, -0.2) is 0 Å². The second-order valence-corrected chi connectivity index (χ2v) is 18.4. The molecule has 3 aliphatic rings. The lowest BCUT2D eigenvalue weighted by Gasteiger charge is -2.34. The molecule has 0 saturated carbocycles. The lowest BCUT2D eigenvalue weighted by Crippen LogP contribution is -2.26. The third-order valence-electron chi connectivity index (χ3n) is 14.6. The van der Waals surface area contributed by atoms with E-state index in [9.17, 15) is 0 Å². The van der Waals surface area contributed by atoms with Crippen LogP contribution in [0.4, 0.5) is 34.1 Å². The second kappa shape index (κ2) is 14.7. The largest absolute Gasteiger partial charge is 0.310 e. The molecule has 0 bridgehead atoms. The summed E-state index contributed by atoms with van der Waals surface area (Å²) < 4.78 is 0. The maximum atomic E-state index is 2.52. The molecule has 13 rings (SSSR count). The summed E-state index contributed by atoms with van der Waals surface area (Å²) in [6, 6.07) is 90.1. The van der Waals surface area contributed by atoms with Gasteiger partial charge in [-0.25, -0.2) is 0 Å². The van der Waals surface area contributed by atoms with Gasteiger partial charge in [0.15, 0.2) is 0 Å². The summed E-state index contributed by atoms with van der Waals surface area (Å²) in [4.78, 5) is 4.89. The van der Waals surface area contributed by atoms with Crippen molar-refractivity contribution in [3.05, 3.63) is 276 Å². The van der Waals surface area contributed by atoms with E-state index in [1.807, 2.05) is 0 Å². The van der Waals surface area contributed by atoms with E-state index in [1.54, 1.807) is 0 Å². The lowest BCUT2D eigenvalue weighted by molar-refractivity contribution is 0.660. The molecule has 0 amide bonds. The number of rotatable bonds is 7. The van der Waals surface area contributed by atoms with Crippen molar-refractivity contribution in [1.82, 2.24) is 0 Å². The maximum absolute atomic E-state index is 2.52. The van der Waals surface area contributed by atoms with Crippen LogP contribution in [0.2, 0.25) is 0 Å². The Morgan fingerprint density at radius 2 is 0.652 bits per heavy atom. The lowest BCUT2D eigenvalue weighted by atomic mass is 9.70. The highest BCUT2D eigenvalue weighted by atomic mass is 15.1. The molecule has 0 N–H and O–H groups in total. The van der Waals surface area contributed by atoms with Crippen molar-refractivity contribution in [2.75, 3.05) is 9.80 Å². The number of hydrogen-bond acceptors (Lipinski definition) is 2. The minimum atomic E-state index is -0.615. The predicted octanol–water partition coefficient (Wildman–Crippen LogP) is 16.9. The highest BCUT2D eigenvalue weighted by molar-refractivity contribution is 6.02. The van der Waals surface area contributed by atoms with Crippen molar-refractivity contribution < 1.29 is 0 Å². The fourth-order valence-electron chi connectivity index (χ4n) is 11.8. The summed E-state index contributed by atoms with van der Waals surface area (Å²) in [6.07, 6.45) is 0.